The topological polar surface area (TPSA) is 134 Å². The summed E-state index contributed by atoms with van der Waals surface area (Å²) < 4.78 is 0. The standard InChI is InChI=1S/C40H38N4O8P2/c45-35-19-20-36(46)43(35)51-39(49)23-29-11-15-31(16-12-29)41-25-53(33-7-3-1-4-8-33)26-42(28-54(27-41)34-9-5-2-6-10-34)32-17-13-30(14-18-32)24-40(50)52-44-37(47)21-22-38(44)48/h1-18H,19-28H2. The zero-order valence-electron chi connectivity index (χ0n) is 29.4. The molecule has 276 valence electrons. The van der Waals surface area contributed by atoms with Gasteiger partial charge in [0.2, 0.25) is 0 Å². The summed E-state index contributed by atoms with van der Waals surface area (Å²) in [7, 11) is -1.45. The van der Waals surface area contributed by atoms with E-state index in [9.17, 15) is 28.8 Å². The van der Waals surface area contributed by atoms with Crippen LogP contribution in [0.15, 0.2) is 109 Å². The minimum absolute atomic E-state index is 0.0461. The summed E-state index contributed by atoms with van der Waals surface area (Å²) in [6, 6.07) is 36.7. The van der Waals surface area contributed by atoms with Gasteiger partial charge < -0.3 is 19.5 Å². The van der Waals surface area contributed by atoms with Gasteiger partial charge in [0.25, 0.3) is 23.6 Å². The first-order valence-electron chi connectivity index (χ1n) is 17.6. The van der Waals surface area contributed by atoms with E-state index < -0.39 is 51.4 Å². The van der Waals surface area contributed by atoms with Crippen molar-refractivity contribution in [3.8, 4) is 0 Å². The molecule has 3 fully saturated rings. The van der Waals surface area contributed by atoms with E-state index in [-0.39, 0.29) is 38.5 Å². The van der Waals surface area contributed by atoms with E-state index in [0.717, 1.165) is 36.5 Å². The molecule has 4 amide bonds. The first-order chi connectivity index (χ1) is 26.2. The number of nitrogens with zero attached hydrogens (tertiary/aromatic N) is 4. The van der Waals surface area contributed by atoms with Gasteiger partial charge in [-0.1, -0.05) is 84.9 Å². The highest BCUT2D eigenvalue weighted by atomic mass is 31.1. The Morgan fingerprint density at radius 1 is 0.463 bits per heavy atom. The Labute approximate surface area is 315 Å². The summed E-state index contributed by atoms with van der Waals surface area (Å²) >= 11 is 0. The maximum Gasteiger partial charge on any atom is 0.337 e. The molecule has 0 aromatic heterocycles. The Balaban J connectivity index is 1.10. The van der Waals surface area contributed by atoms with E-state index in [1.54, 1.807) is 0 Å². The molecule has 0 atom stereocenters. The largest absolute Gasteiger partial charge is 0.363 e. The molecule has 3 aliphatic heterocycles. The number of carbonyl (C=O) groups is 6. The summed E-state index contributed by atoms with van der Waals surface area (Å²) in [5.74, 6) is -3.35. The number of anilines is 2. The van der Waals surface area contributed by atoms with Crippen molar-refractivity contribution in [2.45, 2.75) is 38.5 Å². The molecule has 4 aromatic rings. The van der Waals surface area contributed by atoms with Crippen LogP contribution in [-0.2, 0) is 51.3 Å². The molecule has 0 radical (unpaired) electrons. The third-order valence-corrected chi connectivity index (χ3v) is 14.1. The Hall–Kier alpha value is -5.44. The van der Waals surface area contributed by atoms with Crippen molar-refractivity contribution in [1.82, 2.24) is 10.1 Å². The van der Waals surface area contributed by atoms with Crippen LogP contribution in [0.4, 0.5) is 11.4 Å². The van der Waals surface area contributed by atoms with Gasteiger partial charge in [0.15, 0.2) is 0 Å². The monoisotopic (exact) mass is 764 g/mol. The van der Waals surface area contributed by atoms with Crippen molar-refractivity contribution in [3.05, 3.63) is 120 Å². The molecule has 0 N–H and O–H groups in total. The zero-order chi connectivity index (χ0) is 37.6. The molecule has 3 aliphatic rings. The number of hydrogen-bond acceptors (Lipinski definition) is 10. The highest BCUT2D eigenvalue weighted by Crippen LogP contribution is 2.48. The SMILES string of the molecule is O=C(Cc1ccc(N2CP(c3ccccc3)CN(c3ccc(CC(=O)ON4C(=O)CCC4=O)cc3)CP(c3ccccc3)C2)cc1)ON1C(=O)CCC1=O. The highest BCUT2D eigenvalue weighted by Gasteiger charge is 2.34. The van der Waals surface area contributed by atoms with Gasteiger partial charge in [0, 0.05) is 62.2 Å². The van der Waals surface area contributed by atoms with Gasteiger partial charge in [-0.2, -0.15) is 0 Å². The fraction of sp³-hybridized carbons (Fsp3) is 0.250. The number of rotatable bonds is 10. The Kier molecular flexibility index (Phi) is 11.4. The van der Waals surface area contributed by atoms with Crippen molar-refractivity contribution >= 4 is 73.4 Å². The van der Waals surface area contributed by atoms with Gasteiger partial charge in [0.1, 0.15) is 0 Å². The Morgan fingerprint density at radius 2 is 0.778 bits per heavy atom. The lowest BCUT2D eigenvalue weighted by molar-refractivity contribution is -0.197. The van der Waals surface area contributed by atoms with Crippen LogP contribution in [0.5, 0.6) is 0 Å². The van der Waals surface area contributed by atoms with E-state index >= 15 is 0 Å². The second kappa shape index (κ2) is 16.7. The molecule has 3 saturated heterocycles. The lowest BCUT2D eigenvalue weighted by Crippen LogP contribution is -2.38. The molecule has 0 bridgehead atoms. The smallest absolute Gasteiger partial charge is 0.337 e. The molecular formula is C40H38N4O8P2. The number of carbonyl (C=O) groups excluding carboxylic acids is 6. The molecule has 4 aromatic carbocycles. The maximum absolute atomic E-state index is 12.6. The van der Waals surface area contributed by atoms with Crippen LogP contribution in [-0.4, -0.2) is 70.8 Å². The first kappa shape index (κ1) is 36.9. The molecule has 0 spiro atoms. The Morgan fingerprint density at radius 3 is 1.09 bits per heavy atom. The molecule has 0 saturated carbocycles. The molecule has 12 nitrogen and oxygen atoms in total. The molecule has 54 heavy (non-hydrogen) atoms. The van der Waals surface area contributed by atoms with Crippen LogP contribution in [0, 0.1) is 0 Å². The van der Waals surface area contributed by atoms with E-state index in [4.69, 9.17) is 9.68 Å². The molecule has 0 unspecified atom stereocenters. The average molecular weight is 765 g/mol. The normalized spacial score (nSPS) is 19.2. The molecule has 14 heteroatoms. The van der Waals surface area contributed by atoms with Crippen LogP contribution >= 0.6 is 15.8 Å². The summed E-state index contributed by atoms with van der Waals surface area (Å²) in [5.41, 5.74) is 3.50. The third kappa shape index (κ3) is 8.84. The van der Waals surface area contributed by atoms with Gasteiger partial charge in [-0.05, 0) is 61.8 Å². The van der Waals surface area contributed by atoms with Crippen LogP contribution in [0.2, 0.25) is 0 Å². The lowest BCUT2D eigenvalue weighted by atomic mass is 10.1. The van der Waals surface area contributed by atoms with E-state index in [2.05, 4.69) is 58.3 Å². The van der Waals surface area contributed by atoms with Crippen molar-refractivity contribution < 1.29 is 38.4 Å². The minimum Gasteiger partial charge on any atom is -0.363 e. The van der Waals surface area contributed by atoms with Gasteiger partial charge >= 0.3 is 11.9 Å². The highest BCUT2D eigenvalue weighted by molar-refractivity contribution is 7.67. The van der Waals surface area contributed by atoms with Crippen molar-refractivity contribution in [3.63, 3.8) is 0 Å². The zero-order valence-corrected chi connectivity index (χ0v) is 31.2. The number of benzene rings is 4. The summed E-state index contributed by atoms with van der Waals surface area (Å²) in [4.78, 5) is 87.9. The second-order valence-corrected chi connectivity index (χ2v) is 17.5. The number of amides is 4. The van der Waals surface area contributed by atoms with Crippen LogP contribution in [0.3, 0.4) is 0 Å². The maximum atomic E-state index is 12.6. The molecule has 0 aliphatic carbocycles. The van der Waals surface area contributed by atoms with Gasteiger partial charge in [-0.25, -0.2) is 9.59 Å². The number of imide groups is 2. The third-order valence-electron chi connectivity index (χ3n) is 9.31. The molecular weight excluding hydrogens is 726 g/mol. The van der Waals surface area contributed by atoms with Crippen LogP contribution in [0.1, 0.15) is 36.8 Å². The van der Waals surface area contributed by atoms with Crippen molar-refractivity contribution in [1.29, 1.82) is 0 Å². The lowest BCUT2D eigenvalue weighted by Gasteiger charge is -2.41. The van der Waals surface area contributed by atoms with Gasteiger partial charge in [-0.3, -0.25) is 19.2 Å². The summed E-state index contributed by atoms with van der Waals surface area (Å²) in [5, 5.41) is 3.69. The summed E-state index contributed by atoms with van der Waals surface area (Å²) in [6.45, 7) is 0. The quantitative estimate of drug-likeness (QED) is 0.165. The van der Waals surface area contributed by atoms with E-state index in [1.807, 2.05) is 60.7 Å². The predicted octanol–water partition coefficient (Wildman–Crippen LogP) is 4.76. The minimum atomic E-state index is -0.726. The van der Waals surface area contributed by atoms with Crippen molar-refractivity contribution in [2.24, 2.45) is 0 Å². The van der Waals surface area contributed by atoms with Gasteiger partial charge in [-0.15, -0.1) is 10.1 Å². The fourth-order valence-corrected chi connectivity index (χ4v) is 11.5. The second-order valence-electron chi connectivity index (χ2n) is 13.2. The van der Waals surface area contributed by atoms with E-state index in [1.165, 1.54) is 10.6 Å². The Bertz CT molecular complexity index is 1840. The van der Waals surface area contributed by atoms with Crippen LogP contribution in [0.25, 0.3) is 0 Å². The predicted molar refractivity (Wildman–Crippen MR) is 205 cm³/mol. The molecule has 3 heterocycles. The number of hydroxylamine groups is 4. The first-order valence-corrected chi connectivity index (χ1v) is 21.0. The molecule has 7 rings (SSSR count). The fourth-order valence-electron chi connectivity index (χ4n) is 6.50. The van der Waals surface area contributed by atoms with E-state index in [0.29, 0.717) is 21.3 Å². The van der Waals surface area contributed by atoms with Crippen molar-refractivity contribution in [2.75, 3.05) is 34.9 Å². The average Bonchev–Trinajstić information content (AvgIpc) is 3.66. The number of hydrogen-bond donors (Lipinski definition) is 0. The van der Waals surface area contributed by atoms with Gasteiger partial charge in [0.05, 0.1) is 12.8 Å². The summed E-state index contributed by atoms with van der Waals surface area (Å²) in [6.07, 6.45) is 3.21. The van der Waals surface area contributed by atoms with Crippen LogP contribution < -0.4 is 20.4 Å².